The van der Waals surface area contributed by atoms with Crippen LogP contribution in [0.15, 0.2) is 90.8 Å². The highest BCUT2D eigenvalue weighted by Gasteiger charge is 2.46. The number of ketones is 1. The van der Waals surface area contributed by atoms with E-state index in [1.807, 2.05) is 42.6 Å². The van der Waals surface area contributed by atoms with Crippen molar-refractivity contribution in [2.24, 2.45) is 0 Å². The molecule has 1 fully saturated rings. The maximum atomic E-state index is 13.1. The highest BCUT2D eigenvalue weighted by molar-refractivity contribution is 6.46. The second-order valence-electron chi connectivity index (χ2n) is 7.72. The largest absolute Gasteiger partial charge is 0.507 e. The first kappa shape index (κ1) is 19.8. The summed E-state index contributed by atoms with van der Waals surface area (Å²) < 4.78 is 0. The van der Waals surface area contributed by atoms with Gasteiger partial charge in [-0.3, -0.25) is 14.6 Å². The Hall–Kier alpha value is -4.19. The minimum Gasteiger partial charge on any atom is -0.507 e. The Kier molecular flexibility index (Phi) is 5.03. The fraction of sp³-hybridized carbons (Fsp3) is 0.115. The Morgan fingerprint density at radius 3 is 2.50 bits per heavy atom. The van der Waals surface area contributed by atoms with Crippen molar-refractivity contribution >= 4 is 28.4 Å². The summed E-state index contributed by atoms with van der Waals surface area (Å²) >= 11 is 0. The molecule has 2 aromatic heterocycles. The predicted molar refractivity (Wildman–Crippen MR) is 122 cm³/mol. The van der Waals surface area contributed by atoms with Crippen LogP contribution in [0.25, 0.3) is 16.7 Å². The van der Waals surface area contributed by atoms with Gasteiger partial charge in [-0.15, -0.1) is 0 Å². The van der Waals surface area contributed by atoms with Crippen molar-refractivity contribution in [3.8, 4) is 0 Å². The minimum atomic E-state index is -0.749. The Labute approximate surface area is 184 Å². The molecular weight excluding hydrogens is 402 g/mol. The molecule has 0 saturated carbocycles. The molecule has 2 aromatic carbocycles. The van der Waals surface area contributed by atoms with Crippen molar-refractivity contribution in [3.05, 3.63) is 108 Å². The number of hydrogen-bond acceptors (Lipinski definition) is 4. The first-order chi connectivity index (χ1) is 15.6. The Balaban J connectivity index is 1.55. The van der Waals surface area contributed by atoms with E-state index in [0.717, 1.165) is 16.5 Å². The van der Waals surface area contributed by atoms with Crippen LogP contribution in [-0.2, 0) is 16.0 Å². The molecule has 0 unspecified atom stereocenters. The van der Waals surface area contributed by atoms with Crippen LogP contribution in [0.4, 0.5) is 0 Å². The molecule has 1 aliphatic rings. The van der Waals surface area contributed by atoms with Gasteiger partial charge >= 0.3 is 0 Å². The zero-order valence-corrected chi connectivity index (χ0v) is 17.2. The number of aliphatic hydroxyl groups excluding tert-OH is 1. The monoisotopic (exact) mass is 423 g/mol. The van der Waals surface area contributed by atoms with E-state index in [0.29, 0.717) is 24.2 Å². The average Bonchev–Trinajstić information content (AvgIpc) is 3.37. The normalized spacial score (nSPS) is 17.9. The summed E-state index contributed by atoms with van der Waals surface area (Å²) in [5, 5.41) is 12.1. The zero-order valence-electron chi connectivity index (χ0n) is 17.2. The summed E-state index contributed by atoms with van der Waals surface area (Å²) in [6.45, 7) is 0.319. The highest BCUT2D eigenvalue weighted by Crippen LogP contribution is 2.38. The highest BCUT2D eigenvalue weighted by atomic mass is 16.3. The Morgan fingerprint density at radius 1 is 0.969 bits per heavy atom. The van der Waals surface area contributed by atoms with E-state index in [4.69, 9.17) is 0 Å². The molecule has 3 heterocycles. The lowest BCUT2D eigenvalue weighted by Gasteiger charge is -2.24. The number of aromatic nitrogens is 2. The first-order valence-electron chi connectivity index (χ1n) is 10.4. The smallest absolute Gasteiger partial charge is 0.295 e. The standard InChI is InChI=1S/C26H21N3O3/c30-24(17-8-2-1-3-9-17)22-23(21-12-6-7-14-27-21)29(26(32)25(22)31)15-13-18-16-28-20-11-5-4-10-19(18)20/h1-12,14,16,23,28,30H,13,15H2/t23-/m1/s1. The van der Waals surface area contributed by atoms with Crippen molar-refractivity contribution in [1.29, 1.82) is 0 Å². The van der Waals surface area contributed by atoms with E-state index >= 15 is 0 Å². The molecule has 5 rings (SSSR count). The van der Waals surface area contributed by atoms with Crippen molar-refractivity contribution in [2.75, 3.05) is 6.54 Å². The Morgan fingerprint density at radius 2 is 1.72 bits per heavy atom. The number of aliphatic hydroxyl groups is 1. The van der Waals surface area contributed by atoms with Crippen molar-refractivity contribution in [1.82, 2.24) is 14.9 Å². The molecule has 0 radical (unpaired) electrons. The zero-order chi connectivity index (χ0) is 22.1. The number of pyridine rings is 1. The maximum absolute atomic E-state index is 13.1. The number of fused-ring (bicyclic) bond motifs is 1. The second-order valence-corrected chi connectivity index (χ2v) is 7.72. The van der Waals surface area contributed by atoms with Gasteiger partial charge in [0, 0.05) is 35.4 Å². The molecule has 2 N–H and O–H groups in total. The lowest BCUT2D eigenvalue weighted by Crippen LogP contribution is -2.32. The summed E-state index contributed by atoms with van der Waals surface area (Å²) in [6.07, 6.45) is 4.12. The predicted octanol–water partition coefficient (Wildman–Crippen LogP) is 4.23. The lowest BCUT2D eigenvalue weighted by atomic mass is 9.98. The number of hydrogen-bond donors (Lipinski definition) is 2. The number of nitrogens with one attached hydrogen (secondary N) is 1. The number of H-pyrrole nitrogens is 1. The van der Waals surface area contributed by atoms with Gasteiger partial charge in [-0.25, -0.2) is 0 Å². The van der Waals surface area contributed by atoms with Gasteiger partial charge in [0.05, 0.1) is 11.3 Å². The molecule has 0 spiro atoms. The number of para-hydroxylation sites is 1. The van der Waals surface area contributed by atoms with E-state index in [1.54, 1.807) is 42.6 Å². The molecule has 1 atom stereocenters. The lowest BCUT2D eigenvalue weighted by molar-refractivity contribution is -0.139. The molecule has 6 nitrogen and oxygen atoms in total. The van der Waals surface area contributed by atoms with Crippen LogP contribution in [0.3, 0.4) is 0 Å². The number of rotatable bonds is 5. The number of carbonyl (C=O) groups is 2. The van der Waals surface area contributed by atoms with E-state index in [-0.39, 0.29) is 11.3 Å². The van der Waals surface area contributed by atoms with E-state index in [2.05, 4.69) is 9.97 Å². The average molecular weight is 423 g/mol. The molecule has 32 heavy (non-hydrogen) atoms. The van der Waals surface area contributed by atoms with Crippen LogP contribution >= 0.6 is 0 Å². The third kappa shape index (κ3) is 3.36. The van der Waals surface area contributed by atoms with Gasteiger partial charge in [-0.05, 0) is 30.2 Å². The molecule has 1 amide bonds. The van der Waals surface area contributed by atoms with Gasteiger partial charge in [0.25, 0.3) is 11.7 Å². The number of aromatic amines is 1. The summed E-state index contributed by atoms with van der Waals surface area (Å²) in [4.78, 5) is 35.3. The van der Waals surface area contributed by atoms with Crippen molar-refractivity contribution in [2.45, 2.75) is 12.5 Å². The summed E-state index contributed by atoms with van der Waals surface area (Å²) in [5.41, 5.74) is 3.19. The SMILES string of the molecule is O=C1C(=O)N(CCc2c[nH]c3ccccc23)[C@H](c2ccccn2)C1=C(O)c1ccccc1. The molecule has 4 aromatic rings. The molecule has 0 bridgehead atoms. The van der Waals surface area contributed by atoms with Gasteiger partial charge in [0.2, 0.25) is 0 Å². The van der Waals surface area contributed by atoms with Crippen LogP contribution in [0.1, 0.15) is 22.9 Å². The van der Waals surface area contributed by atoms with Gasteiger partial charge < -0.3 is 15.0 Å². The number of Topliss-reactive ketones (excluding diaryl/α,β-unsaturated/α-hetero) is 1. The quantitative estimate of drug-likeness (QED) is 0.286. The number of nitrogens with zero attached hydrogens (tertiary/aromatic N) is 2. The second kappa shape index (κ2) is 8.15. The fourth-order valence-corrected chi connectivity index (χ4v) is 4.29. The first-order valence-corrected chi connectivity index (χ1v) is 10.4. The number of amides is 1. The molecular formula is C26H21N3O3. The number of benzene rings is 2. The van der Waals surface area contributed by atoms with Crippen LogP contribution < -0.4 is 0 Å². The van der Waals surface area contributed by atoms with Crippen LogP contribution in [-0.4, -0.2) is 38.2 Å². The van der Waals surface area contributed by atoms with Gasteiger partial charge in [0.1, 0.15) is 11.8 Å². The van der Waals surface area contributed by atoms with Gasteiger partial charge in [-0.2, -0.15) is 0 Å². The van der Waals surface area contributed by atoms with Crippen LogP contribution in [0.5, 0.6) is 0 Å². The maximum Gasteiger partial charge on any atom is 0.295 e. The number of carbonyl (C=O) groups excluding carboxylic acids is 2. The molecule has 1 aliphatic heterocycles. The minimum absolute atomic E-state index is 0.0684. The Bertz CT molecular complexity index is 1330. The van der Waals surface area contributed by atoms with Crippen LogP contribution in [0, 0.1) is 0 Å². The third-order valence-corrected chi connectivity index (χ3v) is 5.85. The third-order valence-electron chi connectivity index (χ3n) is 5.85. The summed E-state index contributed by atoms with van der Waals surface area (Å²) in [7, 11) is 0. The summed E-state index contributed by atoms with van der Waals surface area (Å²) in [5.74, 6) is -1.51. The van der Waals surface area contributed by atoms with E-state index in [9.17, 15) is 14.7 Å². The van der Waals surface area contributed by atoms with Gasteiger partial charge in [0.15, 0.2) is 0 Å². The topological polar surface area (TPSA) is 86.3 Å². The molecule has 158 valence electrons. The van der Waals surface area contributed by atoms with Gasteiger partial charge in [-0.1, -0.05) is 54.6 Å². The van der Waals surface area contributed by atoms with E-state index in [1.165, 1.54) is 4.90 Å². The van der Waals surface area contributed by atoms with Crippen molar-refractivity contribution in [3.63, 3.8) is 0 Å². The fourth-order valence-electron chi connectivity index (χ4n) is 4.29. The van der Waals surface area contributed by atoms with Crippen LogP contribution in [0.2, 0.25) is 0 Å². The summed E-state index contributed by atoms with van der Waals surface area (Å²) in [6, 6.07) is 21.4. The molecule has 6 heteroatoms. The molecule has 1 saturated heterocycles. The van der Waals surface area contributed by atoms with Crippen molar-refractivity contribution < 1.29 is 14.7 Å². The van der Waals surface area contributed by atoms with E-state index < -0.39 is 17.7 Å². The number of likely N-dealkylation sites (tertiary alicyclic amines) is 1. The molecule has 0 aliphatic carbocycles.